The molecule has 3 nitrogen and oxygen atoms in total. The molecule has 2 aromatic rings. The Labute approximate surface area is 121 Å². The molecule has 0 unspecified atom stereocenters. The van der Waals surface area contributed by atoms with E-state index < -0.39 is 23.1 Å². The van der Waals surface area contributed by atoms with Crippen molar-refractivity contribution in [2.24, 2.45) is 0 Å². The zero-order valence-electron chi connectivity index (χ0n) is 11.5. The van der Waals surface area contributed by atoms with Crippen molar-refractivity contribution in [1.29, 1.82) is 5.26 Å². The van der Waals surface area contributed by atoms with Gasteiger partial charge in [0, 0.05) is 7.05 Å². The number of rotatable bonds is 2. The third-order valence-electron chi connectivity index (χ3n) is 3.19. The highest BCUT2D eigenvalue weighted by Gasteiger charge is 2.24. The lowest BCUT2D eigenvalue weighted by atomic mass is 10.1. The van der Waals surface area contributed by atoms with Gasteiger partial charge in [0.1, 0.15) is 23.3 Å². The van der Waals surface area contributed by atoms with E-state index >= 15 is 0 Å². The molecular formula is C16H12F2N2O. The van der Waals surface area contributed by atoms with Crippen LogP contribution in [0, 0.1) is 29.9 Å². The molecule has 0 heterocycles. The Morgan fingerprint density at radius 2 is 1.86 bits per heavy atom. The van der Waals surface area contributed by atoms with Crippen LogP contribution in [0.5, 0.6) is 0 Å². The van der Waals surface area contributed by atoms with Gasteiger partial charge < -0.3 is 4.90 Å². The van der Waals surface area contributed by atoms with E-state index in [-0.39, 0.29) is 11.1 Å². The zero-order valence-corrected chi connectivity index (χ0v) is 11.5. The average Bonchev–Trinajstić information content (AvgIpc) is 2.50. The van der Waals surface area contributed by atoms with Gasteiger partial charge in [0.25, 0.3) is 5.91 Å². The molecule has 0 saturated carbocycles. The highest BCUT2D eigenvalue weighted by Crippen LogP contribution is 2.23. The Kier molecular flexibility index (Phi) is 3.99. The number of nitriles is 1. The molecule has 0 spiro atoms. The summed E-state index contributed by atoms with van der Waals surface area (Å²) >= 11 is 0. The number of benzene rings is 2. The molecule has 0 aliphatic rings. The number of amides is 1. The number of carbonyl (C=O) groups is 1. The number of halogens is 2. The molecule has 21 heavy (non-hydrogen) atoms. The zero-order chi connectivity index (χ0) is 15.6. The molecule has 0 bridgehead atoms. The van der Waals surface area contributed by atoms with Crippen molar-refractivity contribution in [1.82, 2.24) is 0 Å². The predicted octanol–water partition coefficient (Wildman–Crippen LogP) is 3.42. The molecule has 0 N–H and O–H groups in total. The number of anilines is 1. The maximum absolute atomic E-state index is 14.0. The Bertz CT molecular complexity index is 750. The third kappa shape index (κ3) is 2.61. The van der Waals surface area contributed by atoms with Crippen molar-refractivity contribution in [3.05, 3.63) is 64.7 Å². The van der Waals surface area contributed by atoms with E-state index in [0.717, 1.165) is 11.0 Å². The van der Waals surface area contributed by atoms with Crippen molar-refractivity contribution < 1.29 is 13.6 Å². The predicted molar refractivity (Wildman–Crippen MR) is 75.0 cm³/mol. The minimum Gasteiger partial charge on any atom is -0.310 e. The van der Waals surface area contributed by atoms with Crippen molar-refractivity contribution in [3.8, 4) is 6.07 Å². The average molecular weight is 286 g/mol. The first-order valence-electron chi connectivity index (χ1n) is 6.19. The summed E-state index contributed by atoms with van der Waals surface area (Å²) in [6, 6.07) is 10.6. The maximum Gasteiger partial charge on any atom is 0.264 e. The minimum absolute atomic E-state index is 0.182. The van der Waals surface area contributed by atoms with Crippen molar-refractivity contribution in [2.75, 3.05) is 11.9 Å². The number of carbonyl (C=O) groups excluding carboxylic acids is 1. The van der Waals surface area contributed by atoms with E-state index in [2.05, 4.69) is 0 Å². The Hall–Kier alpha value is -2.74. The van der Waals surface area contributed by atoms with Crippen molar-refractivity contribution >= 4 is 11.6 Å². The Balaban J connectivity index is 2.51. The van der Waals surface area contributed by atoms with Gasteiger partial charge in [-0.2, -0.15) is 5.26 Å². The van der Waals surface area contributed by atoms with Gasteiger partial charge in [-0.25, -0.2) is 8.78 Å². The van der Waals surface area contributed by atoms with Crippen LogP contribution in [-0.4, -0.2) is 13.0 Å². The number of hydrogen-bond donors (Lipinski definition) is 0. The fraction of sp³-hybridized carbons (Fsp3) is 0.125. The number of hydrogen-bond acceptors (Lipinski definition) is 2. The van der Waals surface area contributed by atoms with E-state index in [1.54, 1.807) is 18.2 Å². The van der Waals surface area contributed by atoms with E-state index in [4.69, 9.17) is 5.26 Å². The first-order valence-corrected chi connectivity index (χ1v) is 6.19. The SMILES string of the molecule is Cc1ccc(F)c(C(=O)N(C)c2ccccc2C#N)c1F. The quantitative estimate of drug-likeness (QED) is 0.849. The van der Waals surface area contributed by atoms with E-state index in [9.17, 15) is 13.6 Å². The molecule has 2 rings (SSSR count). The molecule has 0 atom stereocenters. The van der Waals surface area contributed by atoms with Crippen LogP contribution in [0.25, 0.3) is 0 Å². The number of nitrogens with zero attached hydrogens (tertiary/aromatic N) is 2. The van der Waals surface area contributed by atoms with E-state index in [1.807, 2.05) is 6.07 Å². The Morgan fingerprint density at radius 3 is 2.52 bits per heavy atom. The summed E-state index contributed by atoms with van der Waals surface area (Å²) in [6.45, 7) is 1.45. The molecule has 0 saturated heterocycles. The molecule has 0 aliphatic carbocycles. The summed E-state index contributed by atoms with van der Waals surface area (Å²) in [5, 5.41) is 9.04. The molecule has 0 aromatic heterocycles. The van der Waals surface area contributed by atoms with E-state index in [1.165, 1.54) is 26.1 Å². The van der Waals surface area contributed by atoms with Crippen LogP contribution in [0.15, 0.2) is 36.4 Å². The van der Waals surface area contributed by atoms with Crippen LogP contribution in [0.4, 0.5) is 14.5 Å². The van der Waals surface area contributed by atoms with Gasteiger partial charge in [-0.3, -0.25) is 4.79 Å². The molecule has 5 heteroatoms. The van der Waals surface area contributed by atoms with Gasteiger partial charge in [0.2, 0.25) is 0 Å². The van der Waals surface area contributed by atoms with Crippen LogP contribution in [-0.2, 0) is 0 Å². The van der Waals surface area contributed by atoms with Crippen LogP contribution >= 0.6 is 0 Å². The summed E-state index contributed by atoms with van der Waals surface area (Å²) in [4.78, 5) is 13.4. The standard InChI is InChI=1S/C16H12F2N2O/c1-10-7-8-12(17)14(15(10)18)16(21)20(2)13-6-4-3-5-11(13)9-19/h3-8H,1-2H3. The normalized spacial score (nSPS) is 10.0. The van der Waals surface area contributed by atoms with Gasteiger partial charge in [-0.05, 0) is 30.7 Å². The van der Waals surface area contributed by atoms with Crippen LogP contribution in [0.3, 0.4) is 0 Å². The summed E-state index contributed by atoms with van der Waals surface area (Å²) in [7, 11) is 1.37. The van der Waals surface area contributed by atoms with E-state index in [0.29, 0.717) is 5.69 Å². The van der Waals surface area contributed by atoms with Crippen LogP contribution in [0.2, 0.25) is 0 Å². The van der Waals surface area contributed by atoms with Gasteiger partial charge >= 0.3 is 0 Å². The fourth-order valence-electron chi connectivity index (χ4n) is 1.99. The molecule has 0 radical (unpaired) electrons. The molecule has 0 aliphatic heterocycles. The molecule has 2 aromatic carbocycles. The minimum atomic E-state index is -0.926. The summed E-state index contributed by atoms with van der Waals surface area (Å²) < 4.78 is 27.8. The molecular weight excluding hydrogens is 274 g/mol. The second-order valence-electron chi connectivity index (χ2n) is 4.55. The summed E-state index contributed by atoms with van der Waals surface area (Å²) in [5.74, 6) is -2.65. The largest absolute Gasteiger partial charge is 0.310 e. The number of para-hydroxylation sites is 1. The molecule has 106 valence electrons. The van der Waals surface area contributed by atoms with Crippen molar-refractivity contribution in [3.63, 3.8) is 0 Å². The molecule has 1 amide bonds. The Morgan fingerprint density at radius 1 is 1.19 bits per heavy atom. The van der Waals surface area contributed by atoms with Crippen LogP contribution < -0.4 is 4.90 Å². The fourth-order valence-corrected chi connectivity index (χ4v) is 1.99. The first-order chi connectivity index (χ1) is 9.97. The van der Waals surface area contributed by atoms with Gasteiger partial charge in [0.15, 0.2) is 0 Å². The summed E-state index contributed by atoms with van der Waals surface area (Å²) in [5.41, 5.74) is 0.110. The topological polar surface area (TPSA) is 44.1 Å². The lowest BCUT2D eigenvalue weighted by Crippen LogP contribution is -2.29. The highest BCUT2D eigenvalue weighted by atomic mass is 19.1. The second-order valence-corrected chi connectivity index (χ2v) is 4.55. The third-order valence-corrected chi connectivity index (χ3v) is 3.19. The van der Waals surface area contributed by atoms with Gasteiger partial charge in [0.05, 0.1) is 11.3 Å². The molecule has 0 fully saturated rings. The van der Waals surface area contributed by atoms with Crippen LogP contribution in [0.1, 0.15) is 21.5 Å². The summed E-state index contributed by atoms with van der Waals surface area (Å²) in [6.07, 6.45) is 0. The smallest absolute Gasteiger partial charge is 0.264 e. The highest BCUT2D eigenvalue weighted by molar-refractivity contribution is 6.06. The second kappa shape index (κ2) is 5.71. The maximum atomic E-state index is 14.0. The van der Waals surface area contributed by atoms with Gasteiger partial charge in [-0.15, -0.1) is 0 Å². The van der Waals surface area contributed by atoms with Crippen molar-refractivity contribution in [2.45, 2.75) is 6.92 Å². The number of aryl methyl sites for hydroxylation is 1. The lowest BCUT2D eigenvalue weighted by molar-refractivity contribution is 0.0984. The monoisotopic (exact) mass is 286 g/mol. The van der Waals surface area contributed by atoms with Gasteiger partial charge in [-0.1, -0.05) is 18.2 Å². The lowest BCUT2D eigenvalue weighted by Gasteiger charge is -2.19. The first kappa shape index (κ1) is 14.7.